The summed E-state index contributed by atoms with van der Waals surface area (Å²) in [5, 5.41) is 2.52. The third kappa shape index (κ3) is 6.11. The lowest BCUT2D eigenvalue weighted by Crippen LogP contribution is -2.45. The number of ether oxygens (including phenoxy) is 3. The highest BCUT2D eigenvalue weighted by atomic mass is 19.1. The van der Waals surface area contributed by atoms with Gasteiger partial charge in [-0.2, -0.15) is 4.98 Å². The van der Waals surface area contributed by atoms with Crippen molar-refractivity contribution in [1.29, 1.82) is 0 Å². The first-order valence-electron chi connectivity index (χ1n) is 13.0. The van der Waals surface area contributed by atoms with E-state index in [2.05, 4.69) is 10.3 Å². The summed E-state index contributed by atoms with van der Waals surface area (Å²) in [4.78, 5) is 54.8. The summed E-state index contributed by atoms with van der Waals surface area (Å²) in [7, 11) is 0. The van der Waals surface area contributed by atoms with Crippen molar-refractivity contribution in [2.24, 2.45) is 0 Å². The molecule has 4 atom stereocenters. The van der Waals surface area contributed by atoms with E-state index in [4.69, 9.17) is 14.2 Å². The molecule has 10 nitrogen and oxygen atoms in total. The number of aromatic nitrogens is 2. The summed E-state index contributed by atoms with van der Waals surface area (Å²) in [5.41, 5.74) is -2.59. The molecule has 4 aromatic rings. The molecule has 0 bridgehead atoms. The molecule has 42 heavy (non-hydrogen) atoms. The molecule has 3 aromatic carbocycles. The quantitative estimate of drug-likeness (QED) is 0.312. The van der Waals surface area contributed by atoms with Crippen LogP contribution >= 0.6 is 0 Å². The summed E-state index contributed by atoms with van der Waals surface area (Å²) in [5.74, 6) is -2.05. The van der Waals surface area contributed by atoms with Crippen LogP contribution in [-0.2, 0) is 14.2 Å². The molecule has 11 heteroatoms. The van der Waals surface area contributed by atoms with E-state index >= 15 is 4.39 Å². The summed E-state index contributed by atoms with van der Waals surface area (Å²) in [6, 6.07) is 25.8. The second-order valence-electron chi connectivity index (χ2n) is 9.66. The monoisotopic (exact) mass is 571 g/mol. The maximum Gasteiger partial charge on any atom is 0.351 e. The van der Waals surface area contributed by atoms with E-state index in [0.29, 0.717) is 5.56 Å². The molecule has 0 saturated carbocycles. The molecule has 0 unspecified atom stereocenters. The molecule has 1 amide bonds. The number of amides is 1. The van der Waals surface area contributed by atoms with E-state index in [0.717, 1.165) is 11.5 Å². The molecular weight excluding hydrogens is 545 g/mol. The first-order chi connectivity index (χ1) is 20.2. The zero-order chi connectivity index (χ0) is 29.7. The van der Waals surface area contributed by atoms with Crippen molar-refractivity contribution in [3.05, 3.63) is 130 Å². The number of hydrogen-bond acceptors (Lipinski definition) is 8. The van der Waals surface area contributed by atoms with Gasteiger partial charge in [0.15, 0.2) is 18.0 Å². The van der Waals surface area contributed by atoms with Crippen LogP contribution in [0.4, 0.5) is 10.2 Å². The van der Waals surface area contributed by atoms with Crippen LogP contribution < -0.4 is 11.0 Å². The van der Waals surface area contributed by atoms with Gasteiger partial charge in [-0.3, -0.25) is 9.36 Å². The Hall–Kier alpha value is -5.16. The fraction of sp³-hybridized carbons (Fsp3) is 0.194. The lowest BCUT2D eigenvalue weighted by molar-refractivity contribution is -0.0648. The third-order valence-corrected chi connectivity index (χ3v) is 6.67. The summed E-state index contributed by atoms with van der Waals surface area (Å²) >= 11 is 0. The standard InChI is InChI=1S/C31H26FN3O7/c1-31(32)25(42-28(38)22-15-9-4-10-16-22)23(19-40-27(37)21-13-7-3-8-14-21)41-29(31)35-18-17-24(34-30(35)39)33-26(36)20-11-5-2-6-12-20/h2-18,23,25,29H,19H2,1H3,(H,33,34,36,39)/t23-,25-,29-,31-/m0/s1. The average molecular weight is 572 g/mol. The van der Waals surface area contributed by atoms with Crippen LogP contribution in [-0.4, -0.2) is 51.9 Å². The van der Waals surface area contributed by atoms with Gasteiger partial charge in [-0.25, -0.2) is 18.8 Å². The Morgan fingerprint density at radius 1 is 0.881 bits per heavy atom. The van der Waals surface area contributed by atoms with E-state index in [9.17, 15) is 19.2 Å². The van der Waals surface area contributed by atoms with Crippen LogP contribution in [0.1, 0.15) is 44.2 Å². The number of carbonyl (C=O) groups excluding carboxylic acids is 3. The van der Waals surface area contributed by atoms with E-state index in [-0.39, 0.29) is 16.9 Å². The van der Waals surface area contributed by atoms with Crippen molar-refractivity contribution >= 4 is 23.7 Å². The Labute approximate surface area is 239 Å². The number of carbonyl (C=O) groups is 3. The van der Waals surface area contributed by atoms with Crippen molar-refractivity contribution in [3.8, 4) is 0 Å². The summed E-state index contributed by atoms with van der Waals surface area (Å²) in [6.07, 6.45) is -3.23. The largest absolute Gasteiger partial charge is 0.459 e. The fourth-order valence-electron chi connectivity index (χ4n) is 4.54. The molecule has 2 heterocycles. The minimum Gasteiger partial charge on any atom is -0.459 e. The second kappa shape index (κ2) is 12.1. The van der Waals surface area contributed by atoms with Gasteiger partial charge in [0, 0.05) is 11.8 Å². The highest BCUT2D eigenvalue weighted by Crippen LogP contribution is 2.43. The van der Waals surface area contributed by atoms with Gasteiger partial charge in [0.05, 0.1) is 11.1 Å². The molecule has 214 valence electrons. The zero-order valence-electron chi connectivity index (χ0n) is 22.4. The predicted molar refractivity (Wildman–Crippen MR) is 149 cm³/mol. The van der Waals surface area contributed by atoms with E-state index in [1.807, 2.05) is 0 Å². The van der Waals surface area contributed by atoms with Crippen LogP contribution in [0.3, 0.4) is 0 Å². The lowest BCUT2D eigenvalue weighted by atomic mass is 9.98. The molecule has 1 aliphatic heterocycles. The highest BCUT2D eigenvalue weighted by molar-refractivity contribution is 6.03. The number of alkyl halides is 1. The zero-order valence-corrected chi connectivity index (χ0v) is 22.4. The van der Waals surface area contributed by atoms with Crippen LogP contribution in [0.15, 0.2) is 108 Å². The van der Waals surface area contributed by atoms with Crippen molar-refractivity contribution < 1.29 is 33.0 Å². The molecule has 1 saturated heterocycles. The lowest BCUT2D eigenvalue weighted by Gasteiger charge is -2.27. The number of benzene rings is 3. The Balaban J connectivity index is 1.39. The Morgan fingerprint density at radius 3 is 2.00 bits per heavy atom. The van der Waals surface area contributed by atoms with Crippen LogP contribution in [0.25, 0.3) is 0 Å². The van der Waals surface area contributed by atoms with Crippen LogP contribution in [0.5, 0.6) is 0 Å². The number of nitrogens with zero attached hydrogens (tertiary/aromatic N) is 2. The van der Waals surface area contributed by atoms with Crippen LogP contribution in [0.2, 0.25) is 0 Å². The van der Waals surface area contributed by atoms with E-state index in [1.54, 1.807) is 78.9 Å². The number of nitrogens with one attached hydrogen (secondary N) is 1. The molecule has 5 rings (SSSR count). The van der Waals surface area contributed by atoms with Gasteiger partial charge in [-0.15, -0.1) is 0 Å². The number of esters is 2. The van der Waals surface area contributed by atoms with Crippen molar-refractivity contribution in [2.75, 3.05) is 11.9 Å². The Bertz CT molecular complexity index is 1630. The molecule has 1 aliphatic rings. The fourth-order valence-corrected chi connectivity index (χ4v) is 4.54. The number of rotatable bonds is 8. The minimum atomic E-state index is -2.46. The molecule has 1 fully saturated rings. The first-order valence-corrected chi connectivity index (χ1v) is 13.0. The molecule has 1 aromatic heterocycles. The molecule has 0 spiro atoms. The summed E-state index contributed by atoms with van der Waals surface area (Å²) < 4.78 is 34.2. The SMILES string of the molecule is C[C@@]1(F)[C@@H](n2ccc(NC(=O)c3ccccc3)nc2=O)O[C@@H](COC(=O)c2ccccc2)[C@@H]1OC(=O)c1ccccc1. The molecule has 1 N–H and O–H groups in total. The topological polar surface area (TPSA) is 126 Å². The van der Waals surface area contributed by atoms with Gasteiger partial charge in [0.2, 0.25) is 0 Å². The van der Waals surface area contributed by atoms with Crippen molar-refractivity contribution in [2.45, 2.75) is 31.0 Å². The minimum absolute atomic E-state index is 0.0518. The average Bonchev–Trinajstić information content (AvgIpc) is 3.25. The molecular formula is C31H26FN3O7. The van der Waals surface area contributed by atoms with Gasteiger partial charge in [-0.1, -0.05) is 54.6 Å². The Morgan fingerprint density at radius 2 is 1.43 bits per heavy atom. The van der Waals surface area contributed by atoms with Gasteiger partial charge < -0.3 is 19.5 Å². The number of halogens is 1. The van der Waals surface area contributed by atoms with Crippen LogP contribution in [0, 0.1) is 0 Å². The number of hydrogen-bond donors (Lipinski definition) is 1. The Kier molecular flexibility index (Phi) is 8.21. The van der Waals surface area contributed by atoms with E-state index < -0.39 is 54.2 Å². The van der Waals surface area contributed by atoms with Gasteiger partial charge in [0.25, 0.3) is 5.91 Å². The summed E-state index contributed by atoms with van der Waals surface area (Å²) in [6.45, 7) is 0.654. The van der Waals surface area contributed by atoms with Crippen molar-refractivity contribution in [1.82, 2.24) is 9.55 Å². The maximum atomic E-state index is 16.5. The van der Waals surface area contributed by atoms with Gasteiger partial charge in [0.1, 0.15) is 18.5 Å². The molecule has 0 aliphatic carbocycles. The van der Waals surface area contributed by atoms with Crippen molar-refractivity contribution in [3.63, 3.8) is 0 Å². The highest BCUT2D eigenvalue weighted by Gasteiger charge is 2.58. The normalized spacial score (nSPS) is 21.3. The smallest absolute Gasteiger partial charge is 0.351 e. The predicted octanol–water partition coefficient (Wildman–Crippen LogP) is 4.20. The first kappa shape index (κ1) is 28.4. The van der Waals surface area contributed by atoms with Gasteiger partial charge in [-0.05, 0) is 49.4 Å². The second-order valence-corrected chi connectivity index (χ2v) is 9.66. The van der Waals surface area contributed by atoms with E-state index in [1.165, 1.54) is 24.4 Å². The van der Waals surface area contributed by atoms with Gasteiger partial charge >= 0.3 is 17.6 Å². The molecule has 0 radical (unpaired) electrons. The third-order valence-electron chi connectivity index (χ3n) is 6.67. The maximum absolute atomic E-state index is 16.5. The number of anilines is 1.